The third-order valence-corrected chi connectivity index (χ3v) is 9.38. The predicted molar refractivity (Wildman–Crippen MR) is 203 cm³/mol. The number of H-pyrrole nitrogens is 2. The molecule has 0 saturated carbocycles. The van der Waals surface area contributed by atoms with E-state index in [1.807, 2.05) is 36.4 Å². The first kappa shape index (κ1) is 38.8. The number of aromatic nitrogens is 4. The minimum Gasteiger partial charge on any atom is -0.453 e. The molecule has 290 valence electrons. The van der Waals surface area contributed by atoms with E-state index in [2.05, 4.69) is 57.2 Å². The highest BCUT2D eigenvalue weighted by molar-refractivity contribution is 5.87. The first-order valence-corrected chi connectivity index (χ1v) is 18.1. The quantitative estimate of drug-likeness (QED) is 0.0760. The highest BCUT2D eigenvalue weighted by Crippen LogP contribution is 2.47. The van der Waals surface area contributed by atoms with Crippen molar-refractivity contribution in [3.8, 4) is 70.2 Å². The number of methoxy groups -OCH3 is 2. The molecule has 4 heterocycles. The maximum Gasteiger partial charge on any atom is 0.407 e. The second-order valence-corrected chi connectivity index (χ2v) is 13.1. The number of aryl methyl sites for hydroxylation is 1. The Kier molecular flexibility index (Phi) is 12.4. The van der Waals surface area contributed by atoms with Gasteiger partial charge in [0.05, 0.1) is 44.0 Å². The van der Waals surface area contributed by atoms with Crippen molar-refractivity contribution in [1.82, 2.24) is 40.8 Å². The van der Waals surface area contributed by atoms with Crippen LogP contribution in [0.3, 0.4) is 0 Å². The van der Waals surface area contributed by atoms with Crippen LogP contribution in [0.5, 0.6) is 23.0 Å². The molecule has 0 spiro atoms. The molecule has 4 aromatic rings. The SMILES string of the molecule is C#CC[C@H](NC(=O)OC)C(=O)NCCCCc1ncc(-c2ccc3c(c2)Oc2ccc(-c4cnc([C@@H]5CCCN5C(=O)[C@H](CC#C)NC(=O)OC)[nH]4)cc2O3)[nH]1. The number of carbonyl (C=O) groups excluding carboxylic acids is 4. The summed E-state index contributed by atoms with van der Waals surface area (Å²) in [7, 11) is 2.45. The van der Waals surface area contributed by atoms with Gasteiger partial charge in [-0.1, -0.05) is 0 Å². The number of nitrogens with zero attached hydrogens (tertiary/aromatic N) is 3. The minimum atomic E-state index is -0.902. The average molecular weight is 763 g/mol. The molecule has 0 aliphatic carbocycles. The lowest BCUT2D eigenvalue weighted by Gasteiger charge is -2.27. The number of hydrogen-bond acceptors (Lipinski definition) is 10. The zero-order valence-electron chi connectivity index (χ0n) is 31.0. The smallest absolute Gasteiger partial charge is 0.407 e. The van der Waals surface area contributed by atoms with E-state index in [0.29, 0.717) is 61.2 Å². The lowest BCUT2D eigenvalue weighted by atomic mass is 10.1. The molecule has 0 unspecified atom stereocenters. The van der Waals surface area contributed by atoms with E-state index in [1.54, 1.807) is 17.3 Å². The van der Waals surface area contributed by atoms with Crippen LogP contribution in [-0.2, 0) is 25.5 Å². The number of ether oxygens (including phenoxy) is 4. The van der Waals surface area contributed by atoms with Gasteiger partial charge < -0.3 is 49.8 Å². The summed E-state index contributed by atoms with van der Waals surface area (Å²) in [6.07, 6.45) is 16.5. The van der Waals surface area contributed by atoms with E-state index < -0.39 is 24.3 Å². The van der Waals surface area contributed by atoms with Gasteiger partial charge in [-0.15, -0.1) is 24.7 Å². The van der Waals surface area contributed by atoms with Gasteiger partial charge in [-0.2, -0.15) is 0 Å². The topological polar surface area (TPSA) is 202 Å². The molecule has 2 aromatic heterocycles. The van der Waals surface area contributed by atoms with E-state index in [-0.39, 0.29) is 30.7 Å². The second-order valence-electron chi connectivity index (χ2n) is 13.1. The number of amides is 4. The van der Waals surface area contributed by atoms with E-state index in [9.17, 15) is 19.2 Å². The van der Waals surface area contributed by atoms with Crippen molar-refractivity contribution in [2.75, 3.05) is 27.3 Å². The average Bonchev–Trinajstić information content (AvgIpc) is 4.01. The van der Waals surface area contributed by atoms with Crippen molar-refractivity contribution in [2.45, 2.75) is 63.1 Å². The fourth-order valence-corrected chi connectivity index (χ4v) is 6.52. The van der Waals surface area contributed by atoms with Crippen molar-refractivity contribution >= 4 is 24.0 Å². The fourth-order valence-electron chi connectivity index (χ4n) is 6.52. The maximum atomic E-state index is 13.4. The summed E-state index contributed by atoms with van der Waals surface area (Å²) in [6, 6.07) is 9.18. The number of hydrogen-bond donors (Lipinski definition) is 5. The Morgan fingerprint density at radius 3 is 2.11 bits per heavy atom. The Balaban J connectivity index is 1.04. The molecule has 56 heavy (non-hydrogen) atoms. The Labute approximate surface area is 323 Å². The Hall–Kier alpha value is -6.94. The zero-order valence-corrected chi connectivity index (χ0v) is 31.0. The van der Waals surface area contributed by atoms with Gasteiger partial charge in [-0.25, -0.2) is 19.6 Å². The van der Waals surface area contributed by atoms with Crippen LogP contribution in [0.15, 0.2) is 48.8 Å². The van der Waals surface area contributed by atoms with Crippen LogP contribution in [0.2, 0.25) is 0 Å². The van der Waals surface area contributed by atoms with Crippen molar-refractivity contribution in [1.29, 1.82) is 0 Å². The highest BCUT2D eigenvalue weighted by Gasteiger charge is 2.36. The van der Waals surface area contributed by atoms with Crippen molar-refractivity contribution in [3.05, 3.63) is 60.4 Å². The molecule has 1 fully saturated rings. The number of rotatable bonds is 14. The summed E-state index contributed by atoms with van der Waals surface area (Å²) in [6.45, 7) is 0.924. The monoisotopic (exact) mass is 762 g/mol. The first-order chi connectivity index (χ1) is 27.2. The number of likely N-dealkylation sites (tertiary alicyclic amines) is 1. The molecule has 0 bridgehead atoms. The molecule has 4 amide bonds. The fraction of sp³-hybridized carbons (Fsp3) is 0.350. The number of fused-ring (bicyclic) bond motifs is 2. The summed E-state index contributed by atoms with van der Waals surface area (Å²) in [5, 5.41) is 7.77. The van der Waals surface area contributed by atoms with E-state index in [4.69, 9.17) is 22.3 Å². The van der Waals surface area contributed by atoms with Gasteiger partial charge in [0.1, 0.15) is 23.7 Å². The van der Waals surface area contributed by atoms with E-state index in [1.165, 1.54) is 14.2 Å². The number of benzene rings is 2. The van der Waals surface area contributed by atoms with Gasteiger partial charge in [-0.3, -0.25) is 9.59 Å². The van der Waals surface area contributed by atoms with E-state index >= 15 is 0 Å². The predicted octanol–water partition coefficient (Wildman–Crippen LogP) is 4.96. The lowest BCUT2D eigenvalue weighted by molar-refractivity contribution is -0.134. The molecule has 2 aromatic carbocycles. The van der Waals surface area contributed by atoms with Gasteiger partial charge >= 0.3 is 12.2 Å². The van der Waals surface area contributed by atoms with Crippen molar-refractivity contribution in [3.63, 3.8) is 0 Å². The second kappa shape index (κ2) is 17.9. The molecular formula is C40H42N8O8. The molecule has 0 radical (unpaired) electrons. The molecule has 16 nitrogen and oxygen atoms in total. The van der Waals surface area contributed by atoms with Gasteiger partial charge in [0.25, 0.3) is 0 Å². The van der Waals surface area contributed by atoms with Crippen molar-refractivity contribution < 1.29 is 38.1 Å². The molecule has 1 saturated heterocycles. The molecule has 2 aliphatic heterocycles. The Morgan fingerprint density at radius 2 is 1.46 bits per heavy atom. The zero-order chi connectivity index (χ0) is 39.6. The summed E-state index contributed by atoms with van der Waals surface area (Å²) >= 11 is 0. The van der Waals surface area contributed by atoms with Crippen LogP contribution in [0.1, 0.15) is 56.2 Å². The largest absolute Gasteiger partial charge is 0.453 e. The van der Waals surface area contributed by atoms with Crippen LogP contribution in [-0.4, -0.2) is 88.2 Å². The maximum absolute atomic E-state index is 13.4. The lowest BCUT2D eigenvalue weighted by Crippen LogP contribution is -2.48. The summed E-state index contributed by atoms with van der Waals surface area (Å²) in [4.78, 5) is 66.7. The van der Waals surface area contributed by atoms with Gasteiger partial charge in [0.2, 0.25) is 11.8 Å². The summed E-state index contributed by atoms with van der Waals surface area (Å²) in [5.41, 5.74) is 3.24. The Bertz CT molecular complexity index is 2160. The molecule has 3 atom stereocenters. The molecule has 6 rings (SSSR count). The third kappa shape index (κ3) is 9.05. The summed E-state index contributed by atoms with van der Waals surface area (Å²) < 4.78 is 21.7. The van der Waals surface area contributed by atoms with Gasteiger partial charge in [0, 0.05) is 43.5 Å². The number of alkyl carbamates (subject to hydrolysis) is 2. The number of aromatic amines is 2. The van der Waals surface area contributed by atoms with Crippen LogP contribution in [0.25, 0.3) is 22.5 Å². The van der Waals surface area contributed by atoms with Gasteiger partial charge in [0.15, 0.2) is 23.0 Å². The number of unbranched alkanes of at least 4 members (excludes halogenated alkanes) is 1. The molecule has 2 aliphatic rings. The Morgan fingerprint density at radius 1 is 0.857 bits per heavy atom. The van der Waals surface area contributed by atoms with Crippen LogP contribution in [0.4, 0.5) is 9.59 Å². The molecular weight excluding hydrogens is 720 g/mol. The van der Waals surface area contributed by atoms with E-state index in [0.717, 1.165) is 41.2 Å². The van der Waals surface area contributed by atoms with Crippen molar-refractivity contribution in [2.24, 2.45) is 0 Å². The normalized spacial score (nSPS) is 15.0. The number of nitrogens with one attached hydrogen (secondary N) is 5. The van der Waals surface area contributed by atoms with Crippen LogP contribution < -0.4 is 25.4 Å². The van der Waals surface area contributed by atoms with Crippen LogP contribution in [0, 0.1) is 24.7 Å². The third-order valence-electron chi connectivity index (χ3n) is 9.38. The highest BCUT2D eigenvalue weighted by atomic mass is 16.6. The molecule has 5 N–H and O–H groups in total. The van der Waals surface area contributed by atoms with Crippen LogP contribution >= 0.6 is 0 Å². The standard InChI is InChI=1S/C40H42N8O8/c1-5-10-26(46-39(51)53-3)37(49)41-18-8-7-13-35-42-22-28(44-35)24-14-16-31-33(20-24)55-32-17-15-25(21-34(32)56-31)29-23-43-36(45-29)30-12-9-19-48(30)38(50)27(11-6-2)47-40(52)54-4/h1-2,14-17,20-23,26-27,30H,7-13,18-19H2,3-4H3,(H,41,49)(H,42,44)(H,43,45)(H,46,51)(H,47,52)/t26-,27-,30-/m0/s1. The van der Waals surface area contributed by atoms with Gasteiger partial charge in [-0.05, 0) is 62.1 Å². The number of terminal acetylenes is 2. The first-order valence-electron chi connectivity index (χ1n) is 18.1. The molecule has 16 heteroatoms. The minimum absolute atomic E-state index is 0.0366. The number of imidazole rings is 2. The number of carbonyl (C=O) groups is 4. The summed E-state index contributed by atoms with van der Waals surface area (Å²) in [5.74, 6) is 7.80.